The average molecular weight is 908 g/mol. The normalized spacial score (nSPS) is 23.1. The summed E-state index contributed by atoms with van der Waals surface area (Å²) in [6, 6.07) is 23.7. The molecule has 0 unspecified atom stereocenters. The van der Waals surface area contributed by atoms with E-state index >= 15 is 0 Å². The number of likely N-dealkylation sites (tertiary alicyclic amines) is 1. The largest absolute Gasteiger partial charge is 0.497 e. The summed E-state index contributed by atoms with van der Waals surface area (Å²) in [5, 5.41) is 6.35. The van der Waals surface area contributed by atoms with Crippen LogP contribution in [0.25, 0.3) is 22.2 Å². The Kier molecular flexibility index (Phi) is 12.7. The van der Waals surface area contributed by atoms with Gasteiger partial charge in [-0.1, -0.05) is 87.5 Å². The molecule has 4 fully saturated rings. The van der Waals surface area contributed by atoms with Gasteiger partial charge in [0.15, 0.2) is 0 Å². The van der Waals surface area contributed by atoms with Crippen LogP contribution in [0.3, 0.4) is 0 Å². The van der Waals surface area contributed by atoms with Crippen LogP contribution in [0.2, 0.25) is 0 Å². The highest BCUT2D eigenvalue weighted by molar-refractivity contribution is 7.91. The number of aromatic nitrogens is 1. The SMILES string of the molecule is C=C[C@H]1C[C@@]1(NC(=O)[C@@H]1C[C@@H](Oc2cc(-c3ccccc3)nc3cc(OC)ccc23)CN1C(=O)[C@@H](NC(=O)OC1CCOCC1)C(C)(C)C)C(=O)NS(=O)(=O)C1(Cc2ccccc2)CC1. The summed E-state index contributed by atoms with van der Waals surface area (Å²) in [7, 11) is -2.61. The van der Waals surface area contributed by atoms with Crippen molar-refractivity contribution in [3.05, 3.63) is 103 Å². The zero-order valence-electron chi connectivity index (χ0n) is 37.2. The van der Waals surface area contributed by atoms with Crippen molar-refractivity contribution in [1.82, 2.24) is 25.2 Å². The van der Waals surface area contributed by atoms with Gasteiger partial charge in [0.05, 0.1) is 42.8 Å². The van der Waals surface area contributed by atoms with Crippen molar-refractivity contribution < 1.29 is 46.5 Å². The lowest BCUT2D eigenvalue weighted by Crippen LogP contribution is -2.60. The standard InChI is InChI=1S/C49H57N5O10S/c1-6-33-29-49(33,45(57)53-65(59,60)48(21-22-48)28-31-13-9-7-10-14-31)52-43(55)40-26-36(30-54(40)44(56)42(47(2,3)4)51-46(58)64-34-19-23-62-24-20-34)63-41-27-38(32-15-11-8-12-16-32)50-39-25-35(61-5)17-18-37(39)41/h6-18,25,27,33-34,36,40,42H,1,19-24,26,28-30H2,2-5H3,(H,51,58)(H,52,55)(H,53,57)/t33-,36+,40-,42+,49-/m0/s1. The van der Waals surface area contributed by atoms with Gasteiger partial charge in [-0.05, 0) is 48.8 Å². The number of methoxy groups -OCH3 is 1. The number of amides is 4. The van der Waals surface area contributed by atoms with E-state index in [2.05, 4.69) is 21.9 Å². The van der Waals surface area contributed by atoms with Gasteiger partial charge in [0.2, 0.25) is 21.8 Å². The number of fused-ring (bicyclic) bond motifs is 1. The Bertz CT molecular complexity index is 2560. The summed E-state index contributed by atoms with van der Waals surface area (Å²) in [5.41, 5.74) is 0.418. The Hall–Kier alpha value is -6.00. The first-order chi connectivity index (χ1) is 31.0. The fourth-order valence-corrected chi connectivity index (χ4v) is 10.6. The second-order valence-electron chi connectivity index (χ2n) is 18.7. The van der Waals surface area contributed by atoms with Gasteiger partial charge in [-0.15, -0.1) is 6.58 Å². The molecule has 3 N–H and O–H groups in total. The molecule has 16 heteroatoms. The molecule has 0 bridgehead atoms. The summed E-state index contributed by atoms with van der Waals surface area (Å²) < 4.78 is 52.4. The molecule has 2 aliphatic heterocycles. The molecule has 65 heavy (non-hydrogen) atoms. The number of pyridine rings is 1. The molecule has 4 amide bonds. The number of hydrogen-bond donors (Lipinski definition) is 3. The molecule has 0 spiro atoms. The minimum absolute atomic E-state index is 0.00343. The predicted molar refractivity (Wildman–Crippen MR) is 243 cm³/mol. The second-order valence-corrected chi connectivity index (χ2v) is 20.8. The van der Waals surface area contributed by atoms with Crippen LogP contribution in [0.5, 0.6) is 11.5 Å². The number of carbonyl (C=O) groups is 4. The number of hydrogen-bond acceptors (Lipinski definition) is 11. The summed E-state index contributed by atoms with van der Waals surface area (Å²) in [6.45, 7) is 10.1. The molecule has 5 atom stereocenters. The molecular formula is C49H57N5O10S. The number of alkyl carbamates (subject to hydrolysis) is 1. The first kappa shape index (κ1) is 45.6. The van der Waals surface area contributed by atoms with Crippen molar-refractivity contribution in [3.8, 4) is 22.8 Å². The van der Waals surface area contributed by atoms with Crippen molar-refractivity contribution in [2.24, 2.45) is 11.3 Å². The van der Waals surface area contributed by atoms with Gasteiger partial charge < -0.3 is 34.5 Å². The predicted octanol–water partition coefficient (Wildman–Crippen LogP) is 5.86. The van der Waals surface area contributed by atoms with E-state index in [-0.39, 0.29) is 31.9 Å². The monoisotopic (exact) mass is 907 g/mol. The minimum Gasteiger partial charge on any atom is -0.497 e. The van der Waals surface area contributed by atoms with Crippen molar-refractivity contribution >= 4 is 44.7 Å². The number of carbonyl (C=O) groups excluding carboxylic acids is 4. The molecule has 4 aromatic rings. The van der Waals surface area contributed by atoms with E-state index in [1.54, 1.807) is 40.0 Å². The number of nitrogens with one attached hydrogen (secondary N) is 3. The zero-order chi connectivity index (χ0) is 46.1. The van der Waals surface area contributed by atoms with Crippen molar-refractivity contribution in [3.63, 3.8) is 0 Å². The lowest BCUT2D eigenvalue weighted by Gasteiger charge is -2.35. The third-order valence-electron chi connectivity index (χ3n) is 13.0. The van der Waals surface area contributed by atoms with E-state index in [9.17, 15) is 27.6 Å². The van der Waals surface area contributed by atoms with Gasteiger partial charge >= 0.3 is 6.09 Å². The fraction of sp³-hybridized carbons (Fsp3) is 0.449. The van der Waals surface area contributed by atoms with Crippen LogP contribution in [0.4, 0.5) is 4.79 Å². The molecule has 3 aromatic carbocycles. The third-order valence-corrected chi connectivity index (χ3v) is 15.2. The third kappa shape index (κ3) is 9.69. The van der Waals surface area contributed by atoms with E-state index in [1.165, 1.54) is 11.0 Å². The summed E-state index contributed by atoms with van der Waals surface area (Å²) in [6.07, 6.45) is 1.76. The van der Waals surface area contributed by atoms with Crippen LogP contribution in [-0.2, 0) is 40.3 Å². The van der Waals surface area contributed by atoms with E-state index < -0.39 is 73.6 Å². The summed E-state index contributed by atoms with van der Waals surface area (Å²) >= 11 is 0. The van der Waals surface area contributed by atoms with E-state index in [0.29, 0.717) is 67.0 Å². The van der Waals surface area contributed by atoms with Crippen molar-refractivity contribution in [2.45, 2.75) is 100 Å². The molecular weight excluding hydrogens is 851 g/mol. The Balaban J connectivity index is 1.09. The fourth-order valence-electron chi connectivity index (χ4n) is 8.93. The van der Waals surface area contributed by atoms with Gasteiger partial charge in [-0.25, -0.2) is 18.2 Å². The number of sulfonamides is 1. The maximum Gasteiger partial charge on any atom is 0.408 e. The number of rotatable bonds is 15. The van der Waals surface area contributed by atoms with Crippen LogP contribution in [-0.4, -0.2) is 104 Å². The molecule has 2 saturated carbocycles. The molecule has 0 radical (unpaired) electrons. The molecule has 4 aliphatic rings. The van der Waals surface area contributed by atoms with Crippen LogP contribution in [0.1, 0.15) is 64.9 Å². The van der Waals surface area contributed by atoms with E-state index in [0.717, 1.165) is 11.1 Å². The molecule has 344 valence electrons. The molecule has 15 nitrogen and oxygen atoms in total. The molecule has 1 aromatic heterocycles. The van der Waals surface area contributed by atoms with Crippen molar-refractivity contribution in [1.29, 1.82) is 0 Å². The number of nitrogens with zero attached hydrogens (tertiary/aromatic N) is 2. The summed E-state index contributed by atoms with van der Waals surface area (Å²) in [5.74, 6) is -1.63. The Labute approximate surface area is 379 Å². The number of ether oxygens (including phenoxy) is 4. The quantitative estimate of drug-likeness (QED) is 0.121. The smallest absolute Gasteiger partial charge is 0.408 e. The molecule has 2 aliphatic carbocycles. The highest BCUT2D eigenvalue weighted by atomic mass is 32.2. The molecule has 8 rings (SSSR count). The van der Waals surface area contributed by atoms with Crippen LogP contribution in [0, 0.1) is 11.3 Å². The Morgan fingerprint density at radius 2 is 1.66 bits per heavy atom. The van der Waals surface area contributed by atoms with Gasteiger partial charge in [-0.2, -0.15) is 0 Å². The molecule has 2 saturated heterocycles. The Morgan fingerprint density at radius 3 is 2.29 bits per heavy atom. The first-order valence-corrected chi connectivity index (χ1v) is 23.6. The average Bonchev–Trinajstić information content (AvgIpc) is 4.20. The number of benzene rings is 3. The van der Waals surface area contributed by atoms with Gasteiger partial charge in [0.1, 0.15) is 41.3 Å². The highest BCUT2D eigenvalue weighted by Crippen LogP contribution is 2.49. The van der Waals surface area contributed by atoms with E-state index in [4.69, 9.17) is 23.9 Å². The summed E-state index contributed by atoms with van der Waals surface area (Å²) in [4.78, 5) is 63.6. The van der Waals surface area contributed by atoms with Crippen LogP contribution >= 0.6 is 0 Å². The minimum atomic E-state index is -4.18. The van der Waals surface area contributed by atoms with E-state index in [1.807, 2.05) is 72.8 Å². The van der Waals surface area contributed by atoms with Gasteiger partial charge in [0.25, 0.3) is 5.91 Å². The van der Waals surface area contributed by atoms with Gasteiger partial charge in [0, 0.05) is 48.3 Å². The van der Waals surface area contributed by atoms with Gasteiger partial charge in [-0.3, -0.25) is 19.1 Å². The zero-order valence-corrected chi connectivity index (χ0v) is 38.0. The first-order valence-electron chi connectivity index (χ1n) is 22.2. The topological polar surface area (TPSA) is 192 Å². The lowest BCUT2D eigenvalue weighted by atomic mass is 9.85. The van der Waals surface area contributed by atoms with Crippen LogP contribution < -0.4 is 24.8 Å². The second kappa shape index (κ2) is 18.1. The van der Waals surface area contributed by atoms with Crippen LogP contribution in [0.15, 0.2) is 97.6 Å². The molecule has 3 heterocycles. The lowest BCUT2D eigenvalue weighted by molar-refractivity contribution is -0.143. The maximum absolute atomic E-state index is 14.9. The highest BCUT2D eigenvalue weighted by Gasteiger charge is 2.63. The Morgan fingerprint density at radius 1 is 0.969 bits per heavy atom. The van der Waals surface area contributed by atoms with Crippen molar-refractivity contribution in [2.75, 3.05) is 26.9 Å². The maximum atomic E-state index is 14.9.